The molecule has 3 aromatic heterocycles. The summed E-state index contributed by atoms with van der Waals surface area (Å²) in [6.07, 6.45) is 4.88. The van der Waals surface area contributed by atoms with Gasteiger partial charge >= 0.3 is 0 Å². The topological polar surface area (TPSA) is 662 Å². The van der Waals surface area contributed by atoms with E-state index in [4.69, 9.17) is 22.6 Å². The number of aromatic hydroxyl groups is 1. The summed E-state index contributed by atoms with van der Waals surface area (Å²) in [4.78, 5) is 268. The summed E-state index contributed by atoms with van der Waals surface area (Å²) in [5, 5.41) is 70.9. The minimum absolute atomic E-state index is 0.0144. The van der Waals surface area contributed by atoms with Crippen LogP contribution in [0.5, 0.6) is 5.75 Å². The van der Waals surface area contributed by atoms with E-state index in [9.17, 15) is 68.1 Å². The highest BCUT2D eigenvalue weighted by atomic mass is 32.2. The smallest absolute Gasteiger partial charge is 0.246 e. The van der Waals surface area contributed by atoms with Crippen LogP contribution >= 0.6 is 11.8 Å². The highest BCUT2D eigenvalue weighted by Gasteiger charge is 2.50. The molecule has 6 aromatic rings. The second kappa shape index (κ2) is 48.5. The second-order valence-electron chi connectivity index (χ2n) is 33.9. The van der Waals surface area contributed by atoms with E-state index in [0.29, 0.717) is 56.9 Å². The van der Waals surface area contributed by atoms with Crippen LogP contribution < -0.4 is 75.7 Å². The van der Waals surface area contributed by atoms with Crippen LogP contribution in [0.25, 0.3) is 21.8 Å². The molecule has 0 bridgehead atoms. The number of imidazole rings is 1. The lowest BCUT2D eigenvalue weighted by molar-refractivity contribution is -0.150. The number of nitrogens with two attached hydrogens (primary N) is 3. The lowest BCUT2D eigenvalue weighted by atomic mass is 9.98. The van der Waals surface area contributed by atoms with Crippen molar-refractivity contribution in [2.75, 3.05) is 72.0 Å². The van der Waals surface area contributed by atoms with E-state index in [1.165, 1.54) is 62.7 Å². The van der Waals surface area contributed by atoms with Crippen LogP contribution in [0.2, 0.25) is 0 Å². The number of phenolic OH excluding ortho intramolecular Hbond substituents is 1. The summed E-state index contributed by atoms with van der Waals surface area (Å²) < 4.78 is 0. The van der Waals surface area contributed by atoms with Gasteiger partial charge in [0.1, 0.15) is 78.3 Å². The Morgan fingerprint density at radius 1 is 0.594 bits per heavy atom. The number of benzene rings is 3. The average Bonchev–Trinajstić information content (AvgIpc) is 1.67. The number of aliphatic hydroxyl groups is 2. The van der Waals surface area contributed by atoms with Crippen LogP contribution in [0.15, 0.2) is 97.7 Å². The quantitative estimate of drug-likeness (QED) is 0.0112. The van der Waals surface area contributed by atoms with Gasteiger partial charge in [0.05, 0.1) is 44.3 Å². The summed E-state index contributed by atoms with van der Waals surface area (Å²) in [6, 6.07) is -1.38. The Bertz CT molecular complexity index is 5170. The monoisotopic (exact) mass is 1870 g/mol. The van der Waals surface area contributed by atoms with Gasteiger partial charge in [-0.05, 0) is 112 Å². The zero-order valence-electron chi connectivity index (χ0n) is 75.3. The molecule has 3 fully saturated rings. The number of carbonyl (C=O) groups excluding carboxylic acids is 17. The number of amides is 16. The number of hydrogen-bond acceptors (Lipinski definition) is 24. The molecule has 3 aliphatic rings. The number of aromatic amines is 3. The summed E-state index contributed by atoms with van der Waals surface area (Å²) >= 11 is 0.728. The number of nitrogens with one attached hydrogen (secondary N) is 15. The van der Waals surface area contributed by atoms with E-state index < -0.39 is 222 Å². The van der Waals surface area contributed by atoms with Crippen molar-refractivity contribution in [2.24, 2.45) is 23.1 Å². The molecule has 44 nitrogen and oxygen atoms in total. The molecular formula is C88H122N24O20S. The van der Waals surface area contributed by atoms with Gasteiger partial charge in [-0.1, -0.05) is 82.1 Å². The van der Waals surface area contributed by atoms with E-state index in [-0.39, 0.29) is 115 Å². The Kier molecular flexibility index (Phi) is 37.7. The molecule has 9 rings (SSSR count). The maximum atomic E-state index is 15.7. The Labute approximate surface area is 771 Å². The molecule has 14 atom stereocenters. The highest BCUT2D eigenvalue weighted by Crippen LogP contribution is 2.31. The normalized spacial score (nSPS) is 24.9. The summed E-state index contributed by atoms with van der Waals surface area (Å²) in [5.41, 5.74) is 17.6. The van der Waals surface area contributed by atoms with Crippen LogP contribution in [-0.2, 0) is 107 Å². The first-order chi connectivity index (χ1) is 63.4. The molecule has 2 unspecified atom stereocenters. The predicted molar refractivity (Wildman–Crippen MR) is 486 cm³/mol. The van der Waals surface area contributed by atoms with Gasteiger partial charge in [0, 0.05) is 112 Å². The van der Waals surface area contributed by atoms with Gasteiger partial charge in [0.25, 0.3) is 0 Å². The average molecular weight is 1870 g/mol. The van der Waals surface area contributed by atoms with Gasteiger partial charge in [0.2, 0.25) is 94.5 Å². The largest absolute Gasteiger partial charge is 0.508 e. The van der Waals surface area contributed by atoms with Crippen LogP contribution in [0.3, 0.4) is 0 Å². The summed E-state index contributed by atoms with van der Waals surface area (Å²) in [6.45, 7) is 3.34. The lowest BCUT2D eigenvalue weighted by Crippen LogP contribution is -2.67. The van der Waals surface area contributed by atoms with Crippen molar-refractivity contribution in [1.82, 2.24) is 103 Å². The summed E-state index contributed by atoms with van der Waals surface area (Å²) in [7, 11) is 3.65. The molecule has 3 aromatic carbocycles. The maximum Gasteiger partial charge on any atom is 0.246 e. The van der Waals surface area contributed by atoms with Crippen molar-refractivity contribution < 1.29 is 96.8 Å². The predicted octanol–water partition coefficient (Wildman–Crippen LogP) is -4.10. The van der Waals surface area contributed by atoms with Gasteiger partial charge in [-0.15, -0.1) is 11.8 Å². The number of phenols is 1. The number of guanidine groups is 1. The number of unbranched alkanes of at least 4 members (excludes halogenated alkanes) is 1. The Morgan fingerprint density at radius 2 is 1.18 bits per heavy atom. The molecular weight excluding hydrogens is 1750 g/mol. The number of para-hydroxylation sites is 2. The van der Waals surface area contributed by atoms with E-state index in [2.05, 4.69) is 78.4 Å². The molecule has 0 saturated carbocycles. The van der Waals surface area contributed by atoms with Crippen LogP contribution in [-0.4, -0.2) is 323 Å². The second-order valence-corrected chi connectivity index (χ2v) is 34.9. The van der Waals surface area contributed by atoms with Gasteiger partial charge in [0.15, 0.2) is 17.9 Å². The third kappa shape index (κ3) is 27.8. The van der Waals surface area contributed by atoms with Crippen molar-refractivity contribution in [1.29, 1.82) is 5.41 Å². The number of rotatable bonds is 25. The summed E-state index contributed by atoms with van der Waals surface area (Å²) in [5.74, 6) is -17.7. The molecule has 6 heterocycles. The molecule has 133 heavy (non-hydrogen) atoms. The molecule has 3 saturated heterocycles. The highest BCUT2D eigenvalue weighted by molar-refractivity contribution is 8.00. The fourth-order valence-electron chi connectivity index (χ4n) is 16.4. The standard InChI is InChI=1S/C88H122N24O20S/c1-8-9-22-69-86(132)110(7)70(43-114)81(127)100-59(21-14-29-94-87(91)92)76(122)106-67(75(121)97-41-72(90)118)44-133-45-73(119)99-63(33-50-24-26-54(116)27-25-50)82(128)108(5)49(4)74(120)102-65(37-71(89)117)84(130)111-30-15-23-68(111)80(126)101-60(36-53-40-93-47-98-53)77(123)103-62(32-48(2)3)85(131)112-31-16-28-88(112,46-115)107-61(34-51-38-95-57-19-12-10-17-55(51)57)78(124)105-66(42-113)79(125)104-64(83(129)109(69)6)35-52-39-96-58-20-13-11-18-56(52)58/h10-13,17-20,24-27,38-40,46-49,59-70,95-96,107,113-114,116H,8-9,14-16,21-23,28-37,41-45H2,1-7H3,(H2,89,117)(H2,90,118)(H,93,98)(H,97,121)(H,99,119)(H,100,127)(H,101,126)(H,102,120)(H,103,123)(H,104,125)(H,105,124)(H,106,122)(H4,91,92,94)/t49-,59-,60-,61-,62-,63-,64-,65-,66-,67?,68-,69-,70-,88?/m0/s1. The minimum atomic E-state index is -2.06. The number of thioether (sulfide) groups is 1. The Balaban J connectivity index is 1.11. The molecule has 0 aliphatic carbocycles. The Morgan fingerprint density at radius 3 is 1.79 bits per heavy atom. The first-order valence-corrected chi connectivity index (χ1v) is 45.2. The van der Waals surface area contributed by atoms with Gasteiger partial charge in [-0.2, -0.15) is 0 Å². The van der Waals surface area contributed by atoms with E-state index in [1.54, 1.807) is 81.7 Å². The van der Waals surface area contributed by atoms with Gasteiger partial charge in [-0.3, -0.25) is 92.2 Å². The number of nitrogens with zero attached hydrogens (tertiary/aromatic N) is 6. The van der Waals surface area contributed by atoms with Crippen LogP contribution in [0, 0.1) is 11.3 Å². The van der Waals surface area contributed by atoms with Crippen LogP contribution in [0.1, 0.15) is 121 Å². The maximum absolute atomic E-state index is 15.7. The fourth-order valence-corrected chi connectivity index (χ4v) is 17.3. The number of carbonyl (C=O) groups is 17. The molecule has 720 valence electrons. The zero-order chi connectivity index (χ0) is 97.1. The molecule has 45 heteroatoms. The van der Waals surface area contributed by atoms with Crippen molar-refractivity contribution in [2.45, 2.75) is 208 Å². The number of aliphatic hydroxyl groups excluding tert-OH is 2. The number of H-pyrrole nitrogens is 3. The number of primary amides is 2. The van der Waals surface area contributed by atoms with Gasteiger partial charge < -0.3 is 125 Å². The van der Waals surface area contributed by atoms with E-state index >= 15 is 28.8 Å². The first-order valence-electron chi connectivity index (χ1n) is 44.0. The van der Waals surface area contributed by atoms with E-state index in [0.717, 1.165) is 38.4 Å². The third-order valence-corrected chi connectivity index (χ3v) is 24.8. The number of likely N-dealkylation sites (N-methyl/N-ethyl adjacent to an activating group) is 3. The molecule has 24 N–H and O–H groups in total. The van der Waals surface area contributed by atoms with Crippen molar-refractivity contribution >= 4 is 140 Å². The number of fused-ring (bicyclic) bond motifs is 4. The first kappa shape index (κ1) is 103. The number of hydrogen-bond donors (Lipinski definition) is 21. The number of aldehydes is 1. The van der Waals surface area contributed by atoms with E-state index in [1.807, 2.05) is 0 Å². The third-order valence-electron chi connectivity index (χ3n) is 23.8. The van der Waals surface area contributed by atoms with Crippen molar-refractivity contribution in [3.63, 3.8) is 0 Å². The van der Waals surface area contributed by atoms with Crippen molar-refractivity contribution in [3.8, 4) is 5.75 Å². The van der Waals surface area contributed by atoms with Crippen LogP contribution in [0.4, 0.5) is 0 Å². The Hall–Kier alpha value is -13.6. The lowest BCUT2D eigenvalue weighted by Gasteiger charge is -2.39. The molecule has 0 radical (unpaired) electrons. The van der Waals surface area contributed by atoms with Gasteiger partial charge in [-0.25, -0.2) is 4.98 Å². The zero-order valence-corrected chi connectivity index (χ0v) is 76.1. The molecule has 0 spiro atoms. The number of aromatic nitrogens is 4. The molecule has 16 amide bonds. The fraction of sp³-hybridized carbons (Fsp3) is 0.511. The minimum Gasteiger partial charge on any atom is -0.508 e. The SMILES string of the molecule is CCCC[C@H]1C(=O)N(C)[C@@H](CO)C(=O)N[C@@H](CCCNC(=N)N)C(=O)NC(C(=O)NCC(N)=O)CSCC(=O)N[C@@H](Cc2ccc(O)cc2)C(=O)N(C)[C@@H](C)C(=O)N[C@@H](CC(N)=O)C(=O)N2CCC[C@H]2C(=O)N[C@@H](Cc2cnc[nH]2)C(=O)N[C@@H](CC(C)C)C(=O)N2CCCC2(C=O)N[C@@H](Cc2c[nH]c3ccccc23)C(=O)N[C@@H](CO)C(=O)N[C@@H](Cc2c[nH]c3ccccc23)C(=O)N1C. The van der Waals surface area contributed by atoms with Crippen molar-refractivity contribution in [3.05, 3.63) is 120 Å². The molecule has 3 aliphatic heterocycles.